The van der Waals surface area contributed by atoms with Crippen molar-refractivity contribution in [2.24, 2.45) is 0 Å². The lowest BCUT2D eigenvalue weighted by Gasteiger charge is -2.16. The highest BCUT2D eigenvalue weighted by Gasteiger charge is 2.37. The molecule has 0 bridgehead atoms. The summed E-state index contributed by atoms with van der Waals surface area (Å²) in [5.41, 5.74) is 1.49. The smallest absolute Gasteiger partial charge is 0.340 e. The van der Waals surface area contributed by atoms with Crippen molar-refractivity contribution in [3.63, 3.8) is 0 Å². The first-order chi connectivity index (χ1) is 12.4. The van der Waals surface area contributed by atoms with E-state index in [9.17, 15) is 9.59 Å². The molecule has 0 fully saturated rings. The molecule has 134 valence electrons. The molecule has 2 heterocycles. The number of nitrogens with zero attached hydrogens (tertiary/aromatic N) is 1. The van der Waals surface area contributed by atoms with E-state index < -0.39 is 5.97 Å². The van der Waals surface area contributed by atoms with Gasteiger partial charge < -0.3 is 14.1 Å². The molecule has 1 aliphatic heterocycles. The van der Waals surface area contributed by atoms with E-state index in [4.69, 9.17) is 32.4 Å². The third-order valence-corrected chi connectivity index (χ3v) is 4.62. The third-order valence-electron chi connectivity index (χ3n) is 4.06. The summed E-state index contributed by atoms with van der Waals surface area (Å²) in [5.74, 6) is -0.313. The molecule has 0 saturated heterocycles. The number of methoxy groups -OCH3 is 1. The maximum absolute atomic E-state index is 13.0. The van der Waals surface area contributed by atoms with Crippen LogP contribution < -0.4 is 0 Å². The molecule has 26 heavy (non-hydrogen) atoms. The Bertz CT molecular complexity index is 929. The van der Waals surface area contributed by atoms with Crippen LogP contribution in [0.25, 0.3) is 6.08 Å². The Morgan fingerprint density at radius 2 is 2.08 bits per heavy atom. The van der Waals surface area contributed by atoms with Crippen molar-refractivity contribution in [1.29, 1.82) is 0 Å². The number of esters is 1. The van der Waals surface area contributed by atoms with Crippen LogP contribution in [0.15, 0.2) is 57.9 Å². The van der Waals surface area contributed by atoms with E-state index in [1.807, 2.05) is 0 Å². The molecule has 1 aliphatic rings. The second-order valence-corrected chi connectivity index (χ2v) is 6.49. The van der Waals surface area contributed by atoms with Gasteiger partial charge in [0, 0.05) is 15.7 Å². The first-order valence-corrected chi connectivity index (χ1v) is 8.48. The Morgan fingerprint density at radius 3 is 2.69 bits per heavy atom. The predicted octanol–water partition coefficient (Wildman–Crippen LogP) is 4.46. The van der Waals surface area contributed by atoms with Crippen LogP contribution in [-0.2, 0) is 20.9 Å². The van der Waals surface area contributed by atoms with E-state index in [0.29, 0.717) is 27.1 Å². The number of hydrogen-bond acceptors (Lipinski definition) is 4. The molecule has 0 aliphatic carbocycles. The highest BCUT2D eigenvalue weighted by atomic mass is 35.5. The van der Waals surface area contributed by atoms with Crippen LogP contribution in [0.3, 0.4) is 0 Å². The highest BCUT2D eigenvalue weighted by Crippen LogP contribution is 2.34. The number of hydrogen-bond donors (Lipinski definition) is 0. The monoisotopic (exact) mass is 391 g/mol. The van der Waals surface area contributed by atoms with Crippen molar-refractivity contribution in [3.05, 3.63) is 74.8 Å². The van der Waals surface area contributed by atoms with Crippen LogP contribution in [0.1, 0.15) is 18.2 Å². The van der Waals surface area contributed by atoms with Crippen LogP contribution in [0.2, 0.25) is 10.0 Å². The van der Waals surface area contributed by atoms with Crippen LogP contribution in [-0.4, -0.2) is 23.9 Å². The van der Waals surface area contributed by atoms with E-state index in [-0.39, 0.29) is 23.6 Å². The molecule has 0 saturated carbocycles. The Balaban J connectivity index is 2.06. The van der Waals surface area contributed by atoms with Gasteiger partial charge >= 0.3 is 5.97 Å². The second kappa shape index (κ2) is 7.40. The summed E-state index contributed by atoms with van der Waals surface area (Å²) in [5, 5.41) is 0.860. The Hall–Kier alpha value is -2.50. The molecule has 1 aromatic heterocycles. The zero-order valence-corrected chi connectivity index (χ0v) is 15.6. The van der Waals surface area contributed by atoms with Gasteiger partial charge in [0.05, 0.1) is 31.1 Å². The summed E-state index contributed by atoms with van der Waals surface area (Å²) >= 11 is 12.1. The molecule has 1 amide bonds. The number of ether oxygens (including phenoxy) is 1. The van der Waals surface area contributed by atoms with Crippen LogP contribution >= 0.6 is 23.2 Å². The summed E-state index contributed by atoms with van der Waals surface area (Å²) in [6.07, 6.45) is 3.10. The summed E-state index contributed by atoms with van der Waals surface area (Å²) < 4.78 is 10.2. The SMILES string of the molecule is COC(=O)C1=C(C)N(Cc2ccco2)C(=O)C1=Cc1ccc(Cl)cc1Cl. The number of halogens is 2. The first-order valence-electron chi connectivity index (χ1n) is 7.73. The predicted molar refractivity (Wildman–Crippen MR) is 98.4 cm³/mol. The molecule has 0 radical (unpaired) electrons. The Labute approximate surface area is 160 Å². The van der Waals surface area contributed by atoms with Crippen molar-refractivity contribution in [3.8, 4) is 0 Å². The molecule has 0 spiro atoms. The molecule has 2 aromatic rings. The van der Waals surface area contributed by atoms with E-state index in [1.165, 1.54) is 18.3 Å². The van der Waals surface area contributed by atoms with Gasteiger partial charge in [-0.25, -0.2) is 4.79 Å². The minimum Gasteiger partial charge on any atom is -0.467 e. The van der Waals surface area contributed by atoms with Gasteiger partial charge in [-0.1, -0.05) is 29.3 Å². The Kier molecular flexibility index (Phi) is 5.20. The van der Waals surface area contributed by atoms with Gasteiger partial charge in [-0.3, -0.25) is 4.79 Å². The number of allylic oxidation sites excluding steroid dienone is 1. The molecule has 0 N–H and O–H groups in total. The van der Waals surface area contributed by atoms with Gasteiger partial charge in [-0.2, -0.15) is 0 Å². The van der Waals surface area contributed by atoms with Crippen LogP contribution in [0, 0.1) is 0 Å². The number of rotatable bonds is 4. The Morgan fingerprint density at radius 1 is 1.31 bits per heavy atom. The minimum atomic E-state index is -0.589. The molecular weight excluding hydrogens is 377 g/mol. The molecular formula is C19H15Cl2NO4. The molecule has 3 rings (SSSR count). The first kappa shape index (κ1) is 18.3. The van der Waals surface area contributed by atoms with Gasteiger partial charge in [0.15, 0.2) is 0 Å². The average Bonchev–Trinajstić information content (AvgIpc) is 3.20. The highest BCUT2D eigenvalue weighted by molar-refractivity contribution is 6.35. The summed E-state index contributed by atoms with van der Waals surface area (Å²) in [7, 11) is 1.27. The second-order valence-electron chi connectivity index (χ2n) is 5.65. The largest absolute Gasteiger partial charge is 0.467 e. The zero-order valence-electron chi connectivity index (χ0n) is 14.1. The number of amides is 1. The van der Waals surface area contributed by atoms with E-state index >= 15 is 0 Å². The molecule has 7 heteroatoms. The van der Waals surface area contributed by atoms with Gasteiger partial charge in [0.25, 0.3) is 5.91 Å². The fraction of sp³-hybridized carbons (Fsp3) is 0.158. The average molecular weight is 392 g/mol. The molecule has 5 nitrogen and oxygen atoms in total. The number of carbonyl (C=O) groups excluding carboxylic acids is 2. The van der Waals surface area contributed by atoms with Crippen molar-refractivity contribution in [2.45, 2.75) is 13.5 Å². The standard InChI is InChI=1S/C19H15Cl2NO4/c1-11-17(19(24)25-2)15(8-12-5-6-13(20)9-16(12)21)18(23)22(11)10-14-4-3-7-26-14/h3-9H,10H2,1-2H3. The lowest BCUT2D eigenvalue weighted by Crippen LogP contribution is -2.24. The van der Waals surface area contributed by atoms with Crippen LogP contribution in [0.5, 0.6) is 0 Å². The maximum atomic E-state index is 13.0. The van der Waals surface area contributed by atoms with Crippen LogP contribution in [0.4, 0.5) is 0 Å². The van der Waals surface area contributed by atoms with Crippen molar-refractivity contribution >= 4 is 41.2 Å². The van der Waals surface area contributed by atoms with E-state index in [0.717, 1.165) is 0 Å². The third kappa shape index (κ3) is 3.41. The topological polar surface area (TPSA) is 59.8 Å². The molecule has 1 aromatic carbocycles. The fourth-order valence-electron chi connectivity index (χ4n) is 2.75. The lowest BCUT2D eigenvalue weighted by atomic mass is 10.0. The van der Waals surface area contributed by atoms with Crippen molar-refractivity contribution in [2.75, 3.05) is 7.11 Å². The summed E-state index contributed by atoms with van der Waals surface area (Å²) in [6, 6.07) is 8.42. The zero-order chi connectivity index (χ0) is 18.8. The fourth-order valence-corrected chi connectivity index (χ4v) is 3.21. The number of furan rings is 1. The minimum absolute atomic E-state index is 0.204. The summed E-state index contributed by atoms with van der Waals surface area (Å²) in [6.45, 7) is 1.90. The molecule has 0 unspecified atom stereocenters. The van der Waals surface area contributed by atoms with Gasteiger partial charge in [0.2, 0.25) is 0 Å². The van der Waals surface area contributed by atoms with E-state index in [1.54, 1.807) is 43.3 Å². The molecule has 0 atom stereocenters. The number of carbonyl (C=O) groups is 2. The normalized spacial score (nSPS) is 15.9. The quantitative estimate of drug-likeness (QED) is 0.570. The number of benzene rings is 1. The van der Waals surface area contributed by atoms with Gasteiger partial charge in [-0.05, 0) is 42.8 Å². The summed E-state index contributed by atoms with van der Waals surface area (Å²) in [4.78, 5) is 26.7. The van der Waals surface area contributed by atoms with E-state index in [2.05, 4.69) is 0 Å². The van der Waals surface area contributed by atoms with Crippen molar-refractivity contribution in [1.82, 2.24) is 4.90 Å². The van der Waals surface area contributed by atoms with Gasteiger partial charge in [-0.15, -0.1) is 0 Å². The van der Waals surface area contributed by atoms with Gasteiger partial charge in [0.1, 0.15) is 5.76 Å². The lowest BCUT2D eigenvalue weighted by molar-refractivity contribution is -0.136. The van der Waals surface area contributed by atoms with Crippen molar-refractivity contribution < 1.29 is 18.7 Å². The maximum Gasteiger partial charge on any atom is 0.340 e.